The van der Waals surface area contributed by atoms with Crippen LogP contribution in [0.4, 0.5) is 0 Å². The molecule has 0 amide bonds. The minimum atomic E-state index is -0.639. The Morgan fingerprint density at radius 3 is 2.81 bits per heavy atom. The molecule has 0 bridgehead atoms. The van der Waals surface area contributed by atoms with Gasteiger partial charge in [-0.3, -0.25) is 4.79 Å². The summed E-state index contributed by atoms with van der Waals surface area (Å²) >= 11 is 3.36. The van der Waals surface area contributed by atoms with Gasteiger partial charge in [-0.25, -0.2) is 0 Å². The Bertz CT molecular complexity index is 352. The molecule has 16 heavy (non-hydrogen) atoms. The zero-order valence-electron chi connectivity index (χ0n) is 9.15. The van der Waals surface area contributed by atoms with E-state index in [1.807, 2.05) is 24.3 Å². The maximum Gasteiger partial charge on any atom is 0.305 e. The van der Waals surface area contributed by atoms with Crippen molar-refractivity contribution < 1.29 is 14.6 Å². The van der Waals surface area contributed by atoms with Crippen molar-refractivity contribution >= 4 is 21.9 Å². The minimum absolute atomic E-state index is 0.232. The molecule has 3 nitrogen and oxygen atoms in total. The van der Waals surface area contributed by atoms with E-state index in [0.717, 1.165) is 10.0 Å². The molecule has 0 saturated carbocycles. The van der Waals surface area contributed by atoms with E-state index in [-0.39, 0.29) is 12.4 Å². The first kappa shape index (κ1) is 13.2. The fourth-order valence-corrected chi connectivity index (χ4v) is 1.94. The summed E-state index contributed by atoms with van der Waals surface area (Å²) in [7, 11) is 0. The van der Waals surface area contributed by atoms with Crippen molar-refractivity contribution in [3.63, 3.8) is 0 Å². The zero-order chi connectivity index (χ0) is 12.0. The van der Waals surface area contributed by atoms with Gasteiger partial charge in [0.2, 0.25) is 0 Å². The van der Waals surface area contributed by atoms with Gasteiger partial charge in [0.25, 0.3) is 0 Å². The lowest BCUT2D eigenvalue weighted by atomic mass is 10.1. The summed E-state index contributed by atoms with van der Waals surface area (Å²) in [5.74, 6) is -0.270. The van der Waals surface area contributed by atoms with Gasteiger partial charge in [-0.2, -0.15) is 0 Å². The number of hydrogen-bond donors (Lipinski definition) is 1. The van der Waals surface area contributed by atoms with Crippen molar-refractivity contribution in [2.24, 2.45) is 0 Å². The Morgan fingerprint density at radius 2 is 2.19 bits per heavy atom. The van der Waals surface area contributed by atoms with Crippen molar-refractivity contribution in [1.82, 2.24) is 0 Å². The number of aliphatic hydroxyl groups excluding tert-OH is 1. The number of carbonyl (C=O) groups excluding carboxylic acids is 1. The zero-order valence-corrected chi connectivity index (χ0v) is 10.7. The first-order chi connectivity index (χ1) is 7.65. The van der Waals surface area contributed by atoms with Crippen LogP contribution in [0.25, 0.3) is 0 Å². The van der Waals surface area contributed by atoms with Crippen LogP contribution in [0.2, 0.25) is 0 Å². The van der Waals surface area contributed by atoms with Gasteiger partial charge < -0.3 is 9.84 Å². The summed E-state index contributed by atoms with van der Waals surface area (Å²) < 4.78 is 5.65. The standard InChI is InChI=1S/C12H15BrO3/c1-2-16-12(15)8-7-11(14)9-5-3-4-6-10(9)13/h3-6,11,14H,2,7-8H2,1H3. The third kappa shape index (κ3) is 3.94. The average molecular weight is 287 g/mol. The Kier molecular flexibility index (Phi) is 5.49. The van der Waals surface area contributed by atoms with E-state index in [1.165, 1.54) is 0 Å². The Labute approximate surface area is 104 Å². The van der Waals surface area contributed by atoms with E-state index in [4.69, 9.17) is 4.74 Å². The second-order valence-electron chi connectivity index (χ2n) is 3.38. The molecule has 1 atom stereocenters. The summed E-state index contributed by atoms with van der Waals surface area (Å²) in [6.07, 6.45) is -0.0300. The molecule has 0 fully saturated rings. The Hall–Kier alpha value is -0.870. The fourth-order valence-electron chi connectivity index (χ4n) is 1.39. The SMILES string of the molecule is CCOC(=O)CCC(O)c1ccccc1Br. The number of aliphatic hydroxyl groups is 1. The van der Waals surface area contributed by atoms with Gasteiger partial charge in [-0.15, -0.1) is 0 Å². The molecule has 0 aliphatic carbocycles. The van der Waals surface area contributed by atoms with Crippen LogP contribution in [0.1, 0.15) is 31.4 Å². The summed E-state index contributed by atoms with van der Waals surface area (Å²) in [6.45, 7) is 2.14. The van der Waals surface area contributed by atoms with E-state index in [2.05, 4.69) is 15.9 Å². The topological polar surface area (TPSA) is 46.5 Å². The maximum atomic E-state index is 11.1. The third-order valence-electron chi connectivity index (χ3n) is 2.19. The molecule has 1 aromatic rings. The highest BCUT2D eigenvalue weighted by Gasteiger charge is 2.13. The monoisotopic (exact) mass is 286 g/mol. The number of benzene rings is 1. The molecule has 0 aromatic heterocycles. The second-order valence-corrected chi connectivity index (χ2v) is 4.24. The first-order valence-electron chi connectivity index (χ1n) is 5.23. The van der Waals surface area contributed by atoms with Crippen LogP contribution in [0, 0.1) is 0 Å². The maximum absolute atomic E-state index is 11.1. The third-order valence-corrected chi connectivity index (χ3v) is 2.91. The van der Waals surface area contributed by atoms with Gasteiger partial charge >= 0.3 is 5.97 Å². The van der Waals surface area contributed by atoms with Crippen LogP contribution < -0.4 is 0 Å². The first-order valence-corrected chi connectivity index (χ1v) is 6.02. The smallest absolute Gasteiger partial charge is 0.305 e. The van der Waals surface area contributed by atoms with E-state index in [0.29, 0.717) is 13.0 Å². The summed E-state index contributed by atoms with van der Waals surface area (Å²) in [4.78, 5) is 11.1. The van der Waals surface area contributed by atoms with Crippen LogP contribution in [0.3, 0.4) is 0 Å². The van der Waals surface area contributed by atoms with Crippen LogP contribution in [-0.2, 0) is 9.53 Å². The van der Waals surface area contributed by atoms with Gasteiger partial charge in [0.15, 0.2) is 0 Å². The van der Waals surface area contributed by atoms with Crippen LogP contribution in [0.5, 0.6) is 0 Å². The summed E-state index contributed by atoms with van der Waals surface area (Å²) in [5.41, 5.74) is 0.798. The summed E-state index contributed by atoms with van der Waals surface area (Å²) in [6, 6.07) is 7.43. The van der Waals surface area contributed by atoms with Crippen molar-refractivity contribution in [1.29, 1.82) is 0 Å². The molecule has 1 N–H and O–H groups in total. The lowest BCUT2D eigenvalue weighted by Crippen LogP contribution is -2.07. The highest BCUT2D eigenvalue weighted by molar-refractivity contribution is 9.10. The molecular weight excluding hydrogens is 272 g/mol. The van der Waals surface area contributed by atoms with Crippen molar-refractivity contribution in [2.75, 3.05) is 6.61 Å². The molecule has 1 aromatic carbocycles. The van der Waals surface area contributed by atoms with E-state index < -0.39 is 6.10 Å². The molecule has 0 aliphatic heterocycles. The van der Waals surface area contributed by atoms with Crippen molar-refractivity contribution in [3.8, 4) is 0 Å². The van der Waals surface area contributed by atoms with Crippen LogP contribution in [0.15, 0.2) is 28.7 Å². The highest BCUT2D eigenvalue weighted by atomic mass is 79.9. The predicted molar refractivity (Wildman–Crippen MR) is 65.0 cm³/mol. The van der Waals surface area contributed by atoms with Gasteiger partial charge in [-0.1, -0.05) is 34.1 Å². The number of ether oxygens (including phenoxy) is 1. The molecule has 1 unspecified atom stereocenters. The lowest BCUT2D eigenvalue weighted by Gasteiger charge is -2.12. The fraction of sp³-hybridized carbons (Fsp3) is 0.417. The van der Waals surface area contributed by atoms with Crippen LogP contribution >= 0.6 is 15.9 Å². The second kappa shape index (κ2) is 6.66. The number of halogens is 1. The molecule has 0 heterocycles. The average Bonchev–Trinajstić information content (AvgIpc) is 2.27. The predicted octanol–water partition coefficient (Wildman–Crippen LogP) is 2.83. The van der Waals surface area contributed by atoms with Crippen LogP contribution in [-0.4, -0.2) is 17.7 Å². The molecule has 0 aliphatic rings. The molecule has 1 rings (SSSR count). The van der Waals surface area contributed by atoms with E-state index in [1.54, 1.807) is 6.92 Å². The summed E-state index contributed by atoms with van der Waals surface area (Å²) in [5, 5.41) is 9.88. The normalized spacial score (nSPS) is 12.2. The van der Waals surface area contributed by atoms with Gasteiger partial charge in [-0.05, 0) is 25.0 Å². The molecule has 88 valence electrons. The van der Waals surface area contributed by atoms with Gasteiger partial charge in [0, 0.05) is 10.9 Å². The quantitative estimate of drug-likeness (QED) is 0.847. The largest absolute Gasteiger partial charge is 0.466 e. The molecule has 0 radical (unpaired) electrons. The number of hydrogen-bond acceptors (Lipinski definition) is 3. The van der Waals surface area contributed by atoms with Crippen molar-refractivity contribution in [3.05, 3.63) is 34.3 Å². The number of esters is 1. The van der Waals surface area contributed by atoms with E-state index in [9.17, 15) is 9.90 Å². The Balaban J connectivity index is 2.50. The minimum Gasteiger partial charge on any atom is -0.466 e. The molecule has 0 spiro atoms. The van der Waals surface area contributed by atoms with Gasteiger partial charge in [0.05, 0.1) is 12.7 Å². The highest BCUT2D eigenvalue weighted by Crippen LogP contribution is 2.26. The van der Waals surface area contributed by atoms with Crippen molar-refractivity contribution in [2.45, 2.75) is 25.9 Å². The molecule has 0 saturated heterocycles. The lowest BCUT2D eigenvalue weighted by molar-refractivity contribution is -0.143. The number of rotatable bonds is 5. The van der Waals surface area contributed by atoms with E-state index >= 15 is 0 Å². The Morgan fingerprint density at radius 1 is 1.50 bits per heavy atom. The van der Waals surface area contributed by atoms with Gasteiger partial charge in [0.1, 0.15) is 0 Å². The number of carbonyl (C=O) groups is 1. The molecule has 4 heteroatoms. The molecular formula is C12H15BrO3.